The van der Waals surface area contributed by atoms with Crippen LogP contribution in [0.4, 0.5) is 11.4 Å². The summed E-state index contributed by atoms with van der Waals surface area (Å²) >= 11 is 0. The fourth-order valence-corrected chi connectivity index (χ4v) is 10.1. The molecular weight excluding hydrogens is 841 g/mol. The number of rotatable bonds is 10. The first-order chi connectivity index (χ1) is 33.0. The van der Waals surface area contributed by atoms with E-state index in [1.807, 2.05) is 6.20 Å². The Morgan fingerprint density at radius 3 is 1.74 bits per heavy atom. The molecule has 5 heteroatoms. The van der Waals surface area contributed by atoms with E-state index in [0.29, 0.717) is 6.67 Å². The number of para-hydroxylation sites is 1. The molecule has 0 bridgehead atoms. The lowest BCUT2D eigenvalue weighted by atomic mass is 9.76. The first kappa shape index (κ1) is 45.4. The highest BCUT2D eigenvalue weighted by Gasteiger charge is 2.32. The molecule has 3 heterocycles. The van der Waals surface area contributed by atoms with Crippen LogP contribution in [-0.4, -0.2) is 16.2 Å². The summed E-state index contributed by atoms with van der Waals surface area (Å²) in [5.74, 6) is 2.43. The molecule has 7 aromatic carbocycles. The monoisotopic (exact) mass is 905 g/mol. The lowest BCUT2D eigenvalue weighted by molar-refractivity contribution is 0.477. The summed E-state index contributed by atoms with van der Waals surface area (Å²) in [6.45, 7) is 23.6. The first-order valence-electron chi connectivity index (χ1n) is 24.4. The van der Waals surface area contributed by atoms with E-state index in [0.717, 1.165) is 39.7 Å². The zero-order valence-corrected chi connectivity index (χ0v) is 41.9. The molecule has 0 spiro atoms. The summed E-state index contributed by atoms with van der Waals surface area (Å²) in [4.78, 5) is 9.93. The molecule has 2 aromatic heterocycles. The van der Waals surface area contributed by atoms with Crippen molar-refractivity contribution < 1.29 is 4.74 Å². The summed E-state index contributed by atoms with van der Waals surface area (Å²) in [6.07, 6.45) is 4.26. The largest absolute Gasteiger partial charge is 0.457 e. The summed E-state index contributed by atoms with van der Waals surface area (Å²) in [6, 6.07) is 65.8. The number of aromatic nitrogens is 2. The Morgan fingerprint density at radius 2 is 1.06 bits per heavy atom. The van der Waals surface area contributed by atoms with Crippen LogP contribution in [0.3, 0.4) is 0 Å². The number of hydrogen-bond donors (Lipinski definition) is 0. The molecule has 0 saturated carbocycles. The third-order valence-corrected chi connectivity index (χ3v) is 14.4. The van der Waals surface area contributed by atoms with Crippen LogP contribution in [0, 0.1) is 0 Å². The van der Waals surface area contributed by atoms with E-state index in [1.54, 1.807) is 0 Å². The predicted octanol–water partition coefficient (Wildman–Crippen LogP) is 16.5. The molecule has 1 aliphatic heterocycles. The number of nitrogens with zero attached hydrogens (tertiary/aromatic N) is 4. The van der Waals surface area contributed by atoms with Crippen LogP contribution in [0.15, 0.2) is 194 Å². The van der Waals surface area contributed by atoms with Gasteiger partial charge in [-0.15, -0.1) is 0 Å². The van der Waals surface area contributed by atoms with E-state index in [4.69, 9.17) is 9.72 Å². The second-order valence-electron chi connectivity index (χ2n) is 21.9. The average Bonchev–Trinajstić information content (AvgIpc) is 3.95. The maximum atomic E-state index is 7.30. The number of anilines is 2. The molecule has 0 saturated heterocycles. The lowest BCUT2D eigenvalue weighted by Gasteiger charge is -2.29. The van der Waals surface area contributed by atoms with Gasteiger partial charge < -0.3 is 14.5 Å². The molecule has 9 aromatic rings. The number of fused-ring (bicyclic) bond motifs is 3. The van der Waals surface area contributed by atoms with E-state index in [-0.39, 0.29) is 16.2 Å². The molecule has 0 aliphatic carbocycles. The van der Waals surface area contributed by atoms with Gasteiger partial charge in [-0.05, 0) is 98.3 Å². The van der Waals surface area contributed by atoms with Crippen molar-refractivity contribution in [3.8, 4) is 17.3 Å². The Labute approximate surface area is 409 Å². The van der Waals surface area contributed by atoms with Crippen molar-refractivity contribution in [1.29, 1.82) is 0 Å². The van der Waals surface area contributed by atoms with Gasteiger partial charge in [0.25, 0.3) is 0 Å². The molecule has 0 N–H and O–H groups in total. The van der Waals surface area contributed by atoms with E-state index < -0.39 is 5.41 Å². The van der Waals surface area contributed by atoms with Gasteiger partial charge in [-0.2, -0.15) is 0 Å². The normalized spacial score (nSPS) is 13.6. The fourth-order valence-electron chi connectivity index (χ4n) is 10.1. The third-order valence-electron chi connectivity index (χ3n) is 14.4. The highest BCUT2D eigenvalue weighted by Crippen LogP contribution is 2.46. The van der Waals surface area contributed by atoms with Crippen LogP contribution < -0.4 is 14.5 Å². The van der Waals surface area contributed by atoms with E-state index in [9.17, 15) is 0 Å². The molecular formula is C64H64N4O. The topological polar surface area (TPSA) is 33.5 Å². The van der Waals surface area contributed by atoms with Crippen molar-refractivity contribution >= 4 is 38.9 Å². The minimum absolute atomic E-state index is 0.0205. The van der Waals surface area contributed by atoms with Gasteiger partial charge in [-0.3, -0.25) is 4.57 Å². The Kier molecular flexibility index (Phi) is 11.4. The summed E-state index contributed by atoms with van der Waals surface area (Å²) in [5.41, 5.74) is 13.3. The van der Waals surface area contributed by atoms with Gasteiger partial charge in [0, 0.05) is 57.5 Å². The second kappa shape index (κ2) is 17.3. The van der Waals surface area contributed by atoms with Crippen molar-refractivity contribution in [3.05, 3.63) is 233 Å². The van der Waals surface area contributed by atoms with E-state index in [2.05, 4.69) is 272 Å². The number of hydrogen-bond acceptors (Lipinski definition) is 4. The van der Waals surface area contributed by atoms with Crippen molar-refractivity contribution in [2.75, 3.05) is 16.5 Å². The highest BCUT2D eigenvalue weighted by molar-refractivity contribution is 6.12. The fraction of sp³-hybridized carbons (Fsp3) is 0.234. The Hall–Kier alpha value is -7.37. The van der Waals surface area contributed by atoms with Gasteiger partial charge in [0.1, 0.15) is 17.3 Å². The lowest BCUT2D eigenvalue weighted by Crippen LogP contribution is -2.27. The third kappa shape index (κ3) is 8.60. The second-order valence-corrected chi connectivity index (χ2v) is 21.9. The van der Waals surface area contributed by atoms with Crippen LogP contribution in [0.1, 0.15) is 108 Å². The van der Waals surface area contributed by atoms with Gasteiger partial charge in [0.15, 0.2) is 0 Å². The van der Waals surface area contributed by atoms with Crippen LogP contribution in [0.5, 0.6) is 11.5 Å². The number of ether oxygens (including phenoxy) is 1. The molecule has 0 unspecified atom stereocenters. The Bertz CT molecular complexity index is 3350. The van der Waals surface area contributed by atoms with Gasteiger partial charge in [0.2, 0.25) is 0 Å². The zero-order valence-electron chi connectivity index (χ0n) is 41.9. The molecule has 0 radical (unpaired) electrons. The number of pyridine rings is 1. The first-order valence-corrected chi connectivity index (χ1v) is 24.4. The predicted molar refractivity (Wildman–Crippen MR) is 290 cm³/mol. The molecule has 10 rings (SSSR count). The molecule has 0 fully saturated rings. The minimum atomic E-state index is -0.390. The van der Waals surface area contributed by atoms with E-state index >= 15 is 0 Å². The molecule has 0 amide bonds. The van der Waals surface area contributed by atoms with Gasteiger partial charge in [0.05, 0.1) is 23.4 Å². The minimum Gasteiger partial charge on any atom is -0.457 e. The molecule has 0 atom stereocenters. The summed E-state index contributed by atoms with van der Waals surface area (Å²) < 4.78 is 9.64. The van der Waals surface area contributed by atoms with Gasteiger partial charge in [-0.25, -0.2) is 4.98 Å². The van der Waals surface area contributed by atoms with Crippen LogP contribution in [0.2, 0.25) is 0 Å². The molecule has 346 valence electrons. The van der Waals surface area contributed by atoms with Crippen LogP contribution >= 0.6 is 0 Å². The molecule has 5 nitrogen and oxygen atoms in total. The zero-order chi connectivity index (χ0) is 48.3. The van der Waals surface area contributed by atoms with Crippen molar-refractivity contribution in [1.82, 2.24) is 9.55 Å². The standard InChI is InChI=1S/C64H64N4O/c1-61(2,3)47-29-22-30-50(35-47)67-43-66(42-58(67)44-23-14-11-15-24-44)51-36-49(62(4,5)6)37-52(39-51)69-53-40-55(64(9,10)46-27-18-13-19-28-46)60-54-31-20-21-32-56(54)68(57(60)41-53)59-38-48(33-34-65-59)63(7,8)45-25-16-12-17-26-45/h11-42H,43H2,1-10H3. The summed E-state index contributed by atoms with van der Waals surface area (Å²) in [5, 5.41) is 2.37. The van der Waals surface area contributed by atoms with E-state index in [1.165, 1.54) is 55.4 Å². The molecule has 69 heavy (non-hydrogen) atoms. The molecule has 1 aliphatic rings. The van der Waals surface area contributed by atoms with Gasteiger partial charge in [-0.1, -0.05) is 191 Å². The van der Waals surface area contributed by atoms with Gasteiger partial charge >= 0.3 is 0 Å². The quantitative estimate of drug-likeness (QED) is 0.137. The highest BCUT2D eigenvalue weighted by atomic mass is 16.5. The average molecular weight is 905 g/mol. The van der Waals surface area contributed by atoms with Crippen molar-refractivity contribution in [3.63, 3.8) is 0 Å². The SMILES string of the molecule is CC(C)(C)c1cc(Oc2cc(C(C)(C)c3ccccc3)c3c4ccccc4n(-c4cc(C(C)(C)c5ccccc5)ccn4)c3c2)cc(N2C=C(c3ccccc3)N(c3cccc(C(C)(C)C)c3)C2)c1. The summed E-state index contributed by atoms with van der Waals surface area (Å²) in [7, 11) is 0. The Morgan fingerprint density at radius 1 is 0.464 bits per heavy atom. The maximum absolute atomic E-state index is 7.30. The number of benzene rings is 7. The van der Waals surface area contributed by atoms with Crippen LogP contribution in [0.25, 0.3) is 33.3 Å². The van der Waals surface area contributed by atoms with Crippen LogP contribution in [-0.2, 0) is 21.7 Å². The Balaban J connectivity index is 1.14. The van der Waals surface area contributed by atoms with Crippen molar-refractivity contribution in [2.24, 2.45) is 0 Å². The maximum Gasteiger partial charge on any atom is 0.137 e. The van der Waals surface area contributed by atoms with Crippen molar-refractivity contribution in [2.45, 2.75) is 90.9 Å². The smallest absolute Gasteiger partial charge is 0.137 e.